The summed E-state index contributed by atoms with van der Waals surface area (Å²) in [5.41, 5.74) is 1.73. The number of hydrogen-bond donors (Lipinski definition) is 0. The third-order valence-corrected chi connectivity index (χ3v) is 5.30. The van der Waals surface area contributed by atoms with Crippen molar-refractivity contribution in [2.75, 3.05) is 26.2 Å². The van der Waals surface area contributed by atoms with Gasteiger partial charge in [-0.15, -0.1) is 6.58 Å². The zero-order valence-corrected chi connectivity index (χ0v) is 17.6. The van der Waals surface area contributed by atoms with E-state index in [-0.39, 0.29) is 24.5 Å². The quantitative estimate of drug-likeness (QED) is 0.561. The lowest BCUT2D eigenvalue weighted by Gasteiger charge is -2.28. The maximum atomic E-state index is 13.2. The van der Waals surface area contributed by atoms with Crippen molar-refractivity contribution in [3.8, 4) is 0 Å². The van der Waals surface area contributed by atoms with E-state index < -0.39 is 0 Å². The van der Waals surface area contributed by atoms with Crippen LogP contribution in [0.25, 0.3) is 0 Å². The Morgan fingerprint density at radius 2 is 2.00 bits per heavy atom. The standard InChI is InChI=1S/C24H30N2O4/c1-3-13-25(24(28)20-11-9-19(4-2)10-12-20)18-23(27)26(16-21-7-5-14-29-21)17-22-8-6-15-30-22/h3,5,7,9-12,14,22H,1,4,6,8,13,15-18H2,2H3/t22-/m1/s1. The van der Waals surface area contributed by atoms with Crippen LogP contribution in [0.2, 0.25) is 0 Å². The summed E-state index contributed by atoms with van der Waals surface area (Å²) >= 11 is 0. The van der Waals surface area contributed by atoms with Gasteiger partial charge in [-0.1, -0.05) is 25.1 Å². The molecule has 0 radical (unpaired) electrons. The average Bonchev–Trinajstić information content (AvgIpc) is 3.47. The molecule has 0 saturated carbocycles. The van der Waals surface area contributed by atoms with Gasteiger partial charge in [-0.05, 0) is 49.1 Å². The van der Waals surface area contributed by atoms with Crippen LogP contribution < -0.4 is 0 Å². The van der Waals surface area contributed by atoms with Gasteiger partial charge in [0, 0.05) is 25.3 Å². The smallest absolute Gasteiger partial charge is 0.254 e. The molecule has 1 fully saturated rings. The van der Waals surface area contributed by atoms with E-state index in [0.29, 0.717) is 31.0 Å². The van der Waals surface area contributed by atoms with Crippen LogP contribution in [-0.4, -0.2) is 54.0 Å². The third kappa shape index (κ3) is 5.83. The molecule has 2 amide bonds. The minimum absolute atomic E-state index is 0.0200. The van der Waals surface area contributed by atoms with Crippen LogP contribution in [0, 0.1) is 0 Å². The molecule has 6 nitrogen and oxygen atoms in total. The zero-order chi connectivity index (χ0) is 21.3. The Labute approximate surface area is 178 Å². The van der Waals surface area contributed by atoms with Crippen LogP contribution in [0.3, 0.4) is 0 Å². The van der Waals surface area contributed by atoms with Gasteiger partial charge in [0.25, 0.3) is 5.91 Å². The zero-order valence-electron chi connectivity index (χ0n) is 17.6. The van der Waals surface area contributed by atoms with Crippen molar-refractivity contribution in [2.24, 2.45) is 0 Å². The highest BCUT2D eigenvalue weighted by Crippen LogP contribution is 2.16. The number of ether oxygens (including phenoxy) is 1. The molecular formula is C24H30N2O4. The number of benzene rings is 1. The predicted octanol–water partition coefficient (Wildman–Crippen LogP) is 3.68. The molecular weight excluding hydrogens is 380 g/mol. The van der Waals surface area contributed by atoms with E-state index in [4.69, 9.17) is 9.15 Å². The normalized spacial score (nSPS) is 15.7. The van der Waals surface area contributed by atoms with Gasteiger partial charge < -0.3 is 19.0 Å². The number of carbonyl (C=O) groups excluding carboxylic acids is 2. The lowest BCUT2D eigenvalue weighted by Crippen LogP contribution is -2.45. The van der Waals surface area contributed by atoms with Crippen molar-refractivity contribution < 1.29 is 18.7 Å². The molecule has 1 atom stereocenters. The number of rotatable bonds is 10. The fourth-order valence-electron chi connectivity index (χ4n) is 3.58. The van der Waals surface area contributed by atoms with Gasteiger partial charge in [0.1, 0.15) is 12.3 Å². The summed E-state index contributed by atoms with van der Waals surface area (Å²) in [6, 6.07) is 11.2. The van der Waals surface area contributed by atoms with Crippen LogP contribution in [0.5, 0.6) is 0 Å². The van der Waals surface area contributed by atoms with Crippen molar-refractivity contribution in [3.63, 3.8) is 0 Å². The molecule has 1 aromatic carbocycles. The van der Waals surface area contributed by atoms with Gasteiger partial charge in [0.2, 0.25) is 5.91 Å². The van der Waals surface area contributed by atoms with Crippen molar-refractivity contribution in [2.45, 2.75) is 38.8 Å². The van der Waals surface area contributed by atoms with Crippen LogP contribution in [0.4, 0.5) is 0 Å². The number of furan rings is 1. The van der Waals surface area contributed by atoms with Crippen LogP contribution >= 0.6 is 0 Å². The first-order chi connectivity index (χ1) is 14.6. The monoisotopic (exact) mass is 410 g/mol. The van der Waals surface area contributed by atoms with E-state index in [2.05, 4.69) is 13.5 Å². The van der Waals surface area contributed by atoms with Crippen LogP contribution in [0.15, 0.2) is 59.7 Å². The fourth-order valence-corrected chi connectivity index (χ4v) is 3.58. The topological polar surface area (TPSA) is 63.0 Å². The maximum absolute atomic E-state index is 13.2. The van der Waals surface area contributed by atoms with Gasteiger partial charge in [-0.2, -0.15) is 0 Å². The Bertz CT molecular complexity index is 823. The molecule has 1 aromatic heterocycles. The van der Waals surface area contributed by atoms with Gasteiger partial charge >= 0.3 is 0 Å². The van der Waals surface area contributed by atoms with Crippen molar-refractivity contribution in [1.29, 1.82) is 0 Å². The largest absolute Gasteiger partial charge is 0.467 e. The second-order valence-corrected chi connectivity index (χ2v) is 7.51. The Balaban J connectivity index is 1.71. The number of carbonyl (C=O) groups is 2. The van der Waals surface area contributed by atoms with Crippen molar-refractivity contribution in [1.82, 2.24) is 9.80 Å². The minimum Gasteiger partial charge on any atom is -0.467 e. The molecule has 0 bridgehead atoms. The maximum Gasteiger partial charge on any atom is 0.254 e. The molecule has 0 aliphatic carbocycles. The Morgan fingerprint density at radius 3 is 2.60 bits per heavy atom. The molecule has 1 saturated heterocycles. The number of amides is 2. The first kappa shape index (κ1) is 21.8. The van der Waals surface area contributed by atoms with E-state index in [1.54, 1.807) is 23.3 Å². The molecule has 6 heteroatoms. The fraction of sp³-hybridized carbons (Fsp3) is 0.417. The number of aryl methyl sites for hydroxylation is 1. The van der Waals surface area contributed by atoms with Gasteiger partial charge in [0.15, 0.2) is 0 Å². The van der Waals surface area contributed by atoms with E-state index in [9.17, 15) is 9.59 Å². The average molecular weight is 411 g/mol. The second-order valence-electron chi connectivity index (χ2n) is 7.51. The molecule has 160 valence electrons. The summed E-state index contributed by atoms with van der Waals surface area (Å²) in [7, 11) is 0. The summed E-state index contributed by atoms with van der Waals surface area (Å²) in [6.07, 6.45) is 6.10. The molecule has 0 spiro atoms. The molecule has 30 heavy (non-hydrogen) atoms. The Kier molecular flexibility index (Phi) is 7.85. The molecule has 1 aliphatic rings. The predicted molar refractivity (Wildman–Crippen MR) is 115 cm³/mol. The van der Waals surface area contributed by atoms with E-state index >= 15 is 0 Å². The van der Waals surface area contributed by atoms with Crippen molar-refractivity contribution in [3.05, 3.63) is 72.2 Å². The SMILES string of the molecule is C=CCN(CC(=O)N(Cc1ccco1)C[C@H]1CCCO1)C(=O)c1ccc(CC)cc1. The highest BCUT2D eigenvalue weighted by atomic mass is 16.5. The highest BCUT2D eigenvalue weighted by molar-refractivity contribution is 5.96. The summed E-state index contributed by atoms with van der Waals surface area (Å²) in [5.74, 6) is 0.390. The third-order valence-electron chi connectivity index (χ3n) is 5.30. The summed E-state index contributed by atoms with van der Waals surface area (Å²) in [6.45, 7) is 7.66. The van der Waals surface area contributed by atoms with Crippen LogP contribution in [-0.2, 0) is 22.5 Å². The Morgan fingerprint density at radius 1 is 1.20 bits per heavy atom. The lowest BCUT2D eigenvalue weighted by atomic mass is 10.1. The lowest BCUT2D eigenvalue weighted by molar-refractivity contribution is -0.134. The summed E-state index contributed by atoms with van der Waals surface area (Å²) in [5, 5.41) is 0. The number of nitrogens with zero attached hydrogens (tertiary/aromatic N) is 2. The van der Waals surface area contributed by atoms with Crippen LogP contribution in [0.1, 0.15) is 41.4 Å². The molecule has 2 heterocycles. The van der Waals surface area contributed by atoms with Crippen molar-refractivity contribution >= 4 is 11.8 Å². The Hall–Kier alpha value is -2.86. The molecule has 3 rings (SSSR count). The first-order valence-electron chi connectivity index (χ1n) is 10.5. The van der Waals surface area contributed by atoms with Gasteiger partial charge in [0.05, 0.1) is 18.9 Å². The molecule has 2 aromatic rings. The minimum atomic E-state index is -0.180. The molecule has 1 aliphatic heterocycles. The number of hydrogen-bond acceptors (Lipinski definition) is 4. The van der Waals surface area contributed by atoms with Gasteiger partial charge in [-0.25, -0.2) is 0 Å². The second kappa shape index (κ2) is 10.8. The van der Waals surface area contributed by atoms with E-state index in [1.807, 2.05) is 30.3 Å². The summed E-state index contributed by atoms with van der Waals surface area (Å²) in [4.78, 5) is 29.4. The highest BCUT2D eigenvalue weighted by Gasteiger charge is 2.26. The van der Waals surface area contributed by atoms with Gasteiger partial charge in [-0.3, -0.25) is 9.59 Å². The van der Waals surface area contributed by atoms with E-state index in [1.165, 1.54) is 10.5 Å². The first-order valence-corrected chi connectivity index (χ1v) is 10.5. The summed E-state index contributed by atoms with van der Waals surface area (Å²) < 4.78 is 11.2. The molecule has 0 unspecified atom stereocenters. The van der Waals surface area contributed by atoms with E-state index in [0.717, 1.165) is 25.9 Å². The molecule has 0 N–H and O–H groups in total.